The van der Waals surface area contributed by atoms with Crippen LogP contribution in [0.3, 0.4) is 0 Å². The second kappa shape index (κ2) is 4.59. The van der Waals surface area contributed by atoms with Crippen molar-refractivity contribution in [2.45, 2.75) is 58.4 Å². The molecule has 0 saturated heterocycles. The SMILES string of the molecule is CNC(c1ccccc1C)C12CC3CC(CC(C)(C3)C1)C2. The van der Waals surface area contributed by atoms with Crippen molar-refractivity contribution in [3.05, 3.63) is 35.4 Å². The first-order valence-electron chi connectivity index (χ1n) is 8.76. The Morgan fingerprint density at radius 3 is 2.33 bits per heavy atom. The van der Waals surface area contributed by atoms with E-state index in [4.69, 9.17) is 0 Å². The van der Waals surface area contributed by atoms with E-state index in [1.54, 1.807) is 5.56 Å². The summed E-state index contributed by atoms with van der Waals surface area (Å²) >= 11 is 0. The van der Waals surface area contributed by atoms with Crippen molar-refractivity contribution in [1.82, 2.24) is 5.32 Å². The number of hydrogen-bond donors (Lipinski definition) is 1. The molecule has 4 aliphatic rings. The first-order chi connectivity index (χ1) is 10.0. The van der Waals surface area contributed by atoms with E-state index in [-0.39, 0.29) is 0 Å². The summed E-state index contributed by atoms with van der Waals surface area (Å²) in [5.41, 5.74) is 4.14. The fraction of sp³-hybridized carbons (Fsp3) is 0.700. The molecule has 4 bridgehead atoms. The van der Waals surface area contributed by atoms with Crippen molar-refractivity contribution < 1.29 is 0 Å². The van der Waals surface area contributed by atoms with Crippen LogP contribution in [0.1, 0.15) is 62.6 Å². The molecule has 0 amide bonds. The van der Waals surface area contributed by atoms with Gasteiger partial charge in [-0.25, -0.2) is 0 Å². The third kappa shape index (κ3) is 2.08. The summed E-state index contributed by atoms with van der Waals surface area (Å²) < 4.78 is 0. The minimum absolute atomic E-state index is 0.514. The Kier molecular flexibility index (Phi) is 3.02. The molecule has 4 aliphatic carbocycles. The van der Waals surface area contributed by atoms with Crippen LogP contribution in [0.2, 0.25) is 0 Å². The van der Waals surface area contributed by atoms with Crippen molar-refractivity contribution >= 4 is 0 Å². The van der Waals surface area contributed by atoms with Crippen LogP contribution >= 0.6 is 0 Å². The van der Waals surface area contributed by atoms with E-state index in [9.17, 15) is 0 Å². The van der Waals surface area contributed by atoms with Gasteiger partial charge in [0.1, 0.15) is 0 Å². The molecule has 1 N–H and O–H groups in total. The summed E-state index contributed by atoms with van der Waals surface area (Å²) in [6, 6.07) is 9.57. The second-order valence-corrected chi connectivity index (χ2v) is 8.71. The molecular formula is C20H29N. The smallest absolute Gasteiger partial charge is 0.0377 e. The molecule has 4 saturated carbocycles. The minimum atomic E-state index is 0.514. The quantitative estimate of drug-likeness (QED) is 0.835. The molecule has 0 aliphatic heterocycles. The predicted molar refractivity (Wildman–Crippen MR) is 88.2 cm³/mol. The molecule has 1 aromatic carbocycles. The molecule has 1 nitrogen and oxygen atoms in total. The molecular weight excluding hydrogens is 254 g/mol. The summed E-state index contributed by atoms with van der Waals surface area (Å²) in [4.78, 5) is 0. The predicted octanol–water partition coefficient (Wildman–Crippen LogP) is 4.86. The molecule has 1 aromatic rings. The average Bonchev–Trinajstić information content (AvgIpc) is 2.38. The Bertz CT molecular complexity index is 533. The van der Waals surface area contributed by atoms with E-state index in [1.807, 2.05) is 0 Å². The number of benzene rings is 1. The van der Waals surface area contributed by atoms with Crippen LogP contribution in [0.4, 0.5) is 0 Å². The van der Waals surface area contributed by atoms with Gasteiger partial charge in [0.2, 0.25) is 0 Å². The third-order valence-electron chi connectivity index (χ3n) is 6.80. The Labute approximate surface area is 129 Å². The molecule has 0 aromatic heterocycles. The lowest BCUT2D eigenvalue weighted by Gasteiger charge is -2.63. The third-order valence-corrected chi connectivity index (χ3v) is 6.80. The van der Waals surface area contributed by atoms with Gasteiger partial charge in [-0.2, -0.15) is 0 Å². The second-order valence-electron chi connectivity index (χ2n) is 8.71. The maximum atomic E-state index is 3.73. The maximum absolute atomic E-state index is 3.73. The van der Waals surface area contributed by atoms with Crippen molar-refractivity contribution in [2.24, 2.45) is 22.7 Å². The van der Waals surface area contributed by atoms with Crippen molar-refractivity contribution in [3.8, 4) is 0 Å². The molecule has 0 radical (unpaired) electrons. The van der Waals surface area contributed by atoms with E-state index < -0.39 is 0 Å². The van der Waals surface area contributed by atoms with Gasteiger partial charge in [0, 0.05) is 6.04 Å². The van der Waals surface area contributed by atoms with Crippen LogP contribution in [0, 0.1) is 29.6 Å². The highest BCUT2D eigenvalue weighted by molar-refractivity contribution is 5.31. The number of aryl methyl sites for hydroxylation is 1. The van der Waals surface area contributed by atoms with Crippen LogP contribution < -0.4 is 5.32 Å². The summed E-state index contributed by atoms with van der Waals surface area (Å²) in [5, 5.41) is 3.73. The van der Waals surface area contributed by atoms with E-state index >= 15 is 0 Å². The zero-order chi connectivity index (χ0) is 14.7. The van der Waals surface area contributed by atoms with Crippen molar-refractivity contribution in [1.29, 1.82) is 0 Å². The molecule has 1 heteroatoms. The standard InChI is InChI=1S/C20H29N/c1-14-6-4-5-7-17(14)18(21-3)20-11-15-8-16(12-20)10-19(2,9-15)13-20/h4-7,15-16,18,21H,8-13H2,1-3H3. The first-order valence-corrected chi connectivity index (χ1v) is 8.76. The lowest BCUT2D eigenvalue weighted by Crippen LogP contribution is -2.55. The minimum Gasteiger partial charge on any atom is -0.313 e. The lowest BCUT2D eigenvalue weighted by molar-refractivity contribution is -0.118. The van der Waals surface area contributed by atoms with E-state index in [0.29, 0.717) is 16.9 Å². The Morgan fingerprint density at radius 1 is 1.10 bits per heavy atom. The van der Waals surface area contributed by atoms with Gasteiger partial charge in [0.05, 0.1) is 0 Å². The normalized spacial score (nSPS) is 42.2. The molecule has 0 heterocycles. The summed E-state index contributed by atoms with van der Waals surface area (Å²) in [7, 11) is 2.18. The van der Waals surface area contributed by atoms with E-state index in [2.05, 4.69) is 50.5 Å². The highest BCUT2D eigenvalue weighted by Crippen LogP contribution is 2.68. The summed E-state index contributed by atoms with van der Waals surface area (Å²) in [6.07, 6.45) is 8.86. The fourth-order valence-corrected chi connectivity index (χ4v) is 6.84. The van der Waals surface area contributed by atoms with Gasteiger partial charge in [0.25, 0.3) is 0 Å². The van der Waals surface area contributed by atoms with E-state index in [0.717, 1.165) is 11.8 Å². The van der Waals surface area contributed by atoms with Gasteiger partial charge < -0.3 is 5.32 Å². The molecule has 21 heavy (non-hydrogen) atoms. The molecule has 3 atom stereocenters. The van der Waals surface area contributed by atoms with Crippen LogP contribution in [-0.2, 0) is 0 Å². The van der Waals surface area contributed by atoms with Gasteiger partial charge in [0.15, 0.2) is 0 Å². The topological polar surface area (TPSA) is 12.0 Å². The van der Waals surface area contributed by atoms with Crippen molar-refractivity contribution in [2.75, 3.05) is 7.05 Å². The highest BCUT2D eigenvalue weighted by Gasteiger charge is 2.58. The van der Waals surface area contributed by atoms with Crippen LogP contribution in [0.15, 0.2) is 24.3 Å². The molecule has 3 unspecified atom stereocenters. The Hall–Kier alpha value is -0.820. The monoisotopic (exact) mass is 283 g/mol. The maximum Gasteiger partial charge on any atom is 0.0377 e. The van der Waals surface area contributed by atoms with Gasteiger partial charge in [-0.3, -0.25) is 0 Å². The fourth-order valence-electron chi connectivity index (χ4n) is 6.84. The summed E-state index contributed by atoms with van der Waals surface area (Å²) in [5.74, 6) is 1.99. The molecule has 114 valence electrons. The molecule has 0 spiro atoms. The Balaban J connectivity index is 1.75. The number of rotatable bonds is 3. The Morgan fingerprint density at radius 2 is 1.76 bits per heavy atom. The first kappa shape index (κ1) is 13.8. The van der Waals surface area contributed by atoms with Crippen molar-refractivity contribution in [3.63, 3.8) is 0 Å². The molecule has 4 fully saturated rings. The average molecular weight is 283 g/mol. The van der Waals surface area contributed by atoms with Gasteiger partial charge in [-0.1, -0.05) is 31.2 Å². The zero-order valence-corrected chi connectivity index (χ0v) is 13.8. The number of nitrogens with one attached hydrogen (secondary N) is 1. The van der Waals surface area contributed by atoms with Crippen LogP contribution in [0.5, 0.6) is 0 Å². The highest BCUT2D eigenvalue weighted by atomic mass is 14.9. The van der Waals surface area contributed by atoms with Crippen LogP contribution in [-0.4, -0.2) is 7.05 Å². The van der Waals surface area contributed by atoms with Crippen LogP contribution in [0.25, 0.3) is 0 Å². The zero-order valence-electron chi connectivity index (χ0n) is 13.8. The largest absolute Gasteiger partial charge is 0.313 e. The van der Waals surface area contributed by atoms with Gasteiger partial charge in [-0.15, -0.1) is 0 Å². The molecule has 5 rings (SSSR count). The van der Waals surface area contributed by atoms with Gasteiger partial charge >= 0.3 is 0 Å². The van der Waals surface area contributed by atoms with E-state index in [1.165, 1.54) is 44.1 Å². The number of hydrogen-bond acceptors (Lipinski definition) is 1. The van der Waals surface area contributed by atoms with Gasteiger partial charge in [-0.05, 0) is 86.3 Å². The lowest BCUT2D eigenvalue weighted by atomic mass is 9.42. The summed E-state index contributed by atoms with van der Waals surface area (Å²) in [6.45, 7) is 4.85.